The second-order valence-electron chi connectivity index (χ2n) is 4.21. The van der Waals surface area contributed by atoms with Crippen LogP contribution in [0.15, 0.2) is 52.6 Å². The molecule has 0 atom stereocenters. The lowest BCUT2D eigenvalue weighted by molar-refractivity contribution is 0.693. The first kappa shape index (κ1) is 12.4. The summed E-state index contributed by atoms with van der Waals surface area (Å²) in [5.41, 5.74) is 8.83. The maximum absolute atomic E-state index is 5.98. The summed E-state index contributed by atoms with van der Waals surface area (Å²) in [4.78, 5) is 1.26. The molecule has 5 heteroatoms. The van der Waals surface area contributed by atoms with Crippen molar-refractivity contribution in [1.29, 1.82) is 0 Å². The Balaban J connectivity index is 1.88. The van der Waals surface area contributed by atoms with Crippen molar-refractivity contribution >= 4 is 33.0 Å². The molecule has 0 aliphatic carbocycles. The van der Waals surface area contributed by atoms with Gasteiger partial charge in [0.05, 0.1) is 12.7 Å². The second kappa shape index (κ2) is 5.19. The van der Waals surface area contributed by atoms with Crippen molar-refractivity contribution in [3.05, 3.63) is 57.5 Å². The molecule has 0 unspecified atom stereocenters. The maximum atomic E-state index is 5.98. The van der Waals surface area contributed by atoms with Crippen molar-refractivity contribution in [2.75, 3.05) is 5.73 Å². The summed E-state index contributed by atoms with van der Waals surface area (Å²) in [6, 6.07) is 9.89. The number of thiophene rings is 1. The molecule has 96 valence electrons. The van der Waals surface area contributed by atoms with Gasteiger partial charge in [-0.25, -0.2) is 0 Å². The molecule has 3 aromatic rings. The molecular formula is C14H12BrN3S. The first-order valence-electron chi connectivity index (χ1n) is 5.83. The lowest BCUT2D eigenvalue weighted by Crippen LogP contribution is -1.98. The zero-order valence-electron chi connectivity index (χ0n) is 10.1. The van der Waals surface area contributed by atoms with E-state index in [2.05, 4.69) is 32.5 Å². The molecule has 0 saturated carbocycles. The van der Waals surface area contributed by atoms with Crippen molar-refractivity contribution in [2.45, 2.75) is 6.54 Å². The number of nitrogen functional groups attached to an aromatic ring is 1. The van der Waals surface area contributed by atoms with Crippen molar-refractivity contribution in [3.63, 3.8) is 0 Å². The lowest BCUT2D eigenvalue weighted by atomic mass is 10.1. The van der Waals surface area contributed by atoms with Crippen LogP contribution in [0.5, 0.6) is 0 Å². The van der Waals surface area contributed by atoms with Crippen LogP contribution >= 0.6 is 27.3 Å². The number of nitrogens with two attached hydrogens (primary N) is 1. The Labute approximate surface area is 123 Å². The van der Waals surface area contributed by atoms with E-state index in [-0.39, 0.29) is 0 Å². The second-order valence-corrected chi connectivity index (χ2v) is 6.06. The van der Waals surface area contributed by atoms with E-state index in [1.807, 2.05) is 41.3 Å². The third-order valence-electron chi connectivity index (χ3n) is 2.90. The largest absolute Gasteiger partial charge is 0.398 e. The Kier molecular flexibility index (Phi) is 3.40. The highest BCUT2D eigenvalue weighted by atomic mass is 79.9. The molecule has 0 spiro atoms. The zero-order valence-corrected chi connectivity index (χ0v) is 12.5. The van der Waals surface area contributed by atoms with Gasteiger partial charge in [-0.15, -0.1) is 11.3 Å². The summed E-state index contributed by atoms with van der Waals surface area (Å²) in [6.07, 6.45) is 3.88. The maximum Gasteiger partial charge on any atom is 0.0763 e. The number of hydrogen-bond donors (Lipinski definition) is 1. The van der Waals surface area contributed by atoms with Crippen molar-refractivity contribution in [1.82, 2.24) is 9.78 Å². The van der Waals surface area contributed by atoms with Crippen LogP contribution in [-0.4, -0.2) is 9.78 Å². The predicted molar refractivity (Wildman–Crippen MR) is 83.2 cm³/mol. The summed E-state index contributed by atoms with van der Waals surface area (Å²) < 4.78 is 3.06. The standard InChI is InChI=1S/C14H12BrN3S/c15-12-5-6-19-14(12)9-18-8-10(7-17-18)11-3-1-2-4-13(11)16/h1-8H,9,16H2. The number of anilines is 1. The van der Waals surface area contributed by atoms with Gasteiger partial charge in [0, 0.05) is 32.4 Å². The zero-order chi connectivity index (χ0) is 13.2. The highest BCUT2D eigenvalue weighted by Crippen LogP contribution is 2.27. The molecule has 0 amide bonds. The molecule has 2 aromatic heterocycles. The highest BCUT2D eigenvalue weighted by molar-refractivity contribution is 9.10. The molecule has 0 aliphatic rings. The summed E-state index contributed by atoms with van der Waals surface area (Å²) in [7, 11) is 0. The fourth-order valence-corrected chi connectivity index (χ4v) is 3.40. The molecule has 0 bridgehead atoms. The van der Waals surface area contributed by atoms with Crippen molar-refractivity contribution in [3.8, 4) is 11.1 Å². The quantitative estimate of drug-likeness (QED) is 0.736. The first-order valence-corrected chi connectivity index (χ1v) is 7.50. The molecule has 3 rings (SSSR count). The van der Waals surface area contributed by atoms with Crippen LogP contribution in [-0.2, 0) is 6.54 Å². The number of hydrogen-bond acceptors (Lipinski definition) is 3. The molecular weight excluding hydrogens is 322 g/mol. The number of para-hydroxylation sites is 1. The fraction of sp³-hybridized carbons (Fsp3) is 0.0714. The molecule has 2 heterocycles. The van der Waals surface area contributed by atoms with E-state index in [9.17, 15) is 0 Å². The first-order chi connectivity index (χ1) is 9.24. The van der Waals surface area contributed by atoms with E-state index in [1.165, 1.54) is 4.88 Å². The van der Waals surface area contributed by atoms with E-state index in [1.54, 1.807) is 11.3 Å². The molecule has 0 fully saturated rings. The van der Waals surface area contributed by atoms with E-state index in [0.717, 1.165) is 27.8 Å². The van der Waals surface area contributed by atoms with Crippen LogP contribution in [0.2, 0.25) is 0 Å². The van der Waals surface area contributed by atoms with Crippen LogP contribution in [0, 0.1) is 0 Å². The predicted octanol–water partition coefficient (Wildman–Crippen LogP) is 4.00. The monoisotopic (exact) mass is 333 g/mol. The molecule has 0 saturated heterocycles. The third-order valence-corrected chi connectivity index (χ3v) is 4.81. The Morgan fingerprint density at radius 2 is 2.11 bits per heavy atom. The van der Waals surface area contributed by atoms with Gasteiger partial charge in [-0.05, 0) is 33.4 Å². The van der Waals surface area contributed by atoms with Crippen LogP contribution in [0.25, 0.3) is 11.1 Å². The van der Waals surface area contributed by atoms with Crippen LogP contribution in [0.3, 0.4) is 0 Å². The summed E-state index contributed by atoms with van der Waals surface area (Å²) >= 11 is 5.26. The van der Waals surface area contributed by atoms with Gasteiger partial charge in [-0.2, -0.15) is 5.10 Å². The minimum Gasteiger partial charge on any atom is -0.398 e. The van der Waals surface area contributed by atoms with Gasteiger partial charge >= 0.3 is 0 Å². The van der Waals surface area contributed by atoms with Gasteiger partial charge in [0.25, 0.3) is 0 Å². The van der Waals surface area contributed by atoms with Crippen LogP contribution in [0.1, 0.15) is 4.88 Å². The molecule has 19 heavy (non-hydrogen) atoms. The number of nitrogens with zero attached hydrogens (tertiary/aromatic N) is 2. The number of halogens is 1. The van der Waals surface area contributed by atoms with Gasteiger partial charge in [-0.3, -0.25) is 4.68 Å². The van der Waals surface area contributed by atoms with E-state index in [4.69, 9.17) is 5.73 Å². The number of rotatable bonds is 3. The van der Waals surface area contributed by atoms with Crippen molar-refractivity contribution < 1.29 is 0 Å². The minimum atomic E-state index is 0.769. The van der Waals surface area contributed by atoms with Gasteiger partial charge in [0.15, 0.2) is 0 Å². The molecule has 0 radical (unpaired) electrons. The molecule has 3 nitrogen and oxygen atoms in total. The van der Waals surface area contributed by atoms with Gasteiger partial charge < -0.3 is 5.73 Å². The summed E-state index contributed by atoms with van der Waals surface area (Å²) in [5.74, 6) is 0. The van der Waals surface area contributed by atoms with E-state index >= 15 is 0 Å². The topological polar surface area (TPSA) is 43.8 Å². The Bertz CT molecular complexity index is 702. The van der Waals surface area contributed by atoms with Gasteiger partial charge in [0.1, 0.15) is 0 Å². The Morgan fingerprint density at radius 3 is 2.84 bits per heavy atom. The SMILES string of the molecule is Nc1ccccc1-c1cnn(Cc2sccc2Br)c1. The van der Waals surface area contributed by atoms with E-state index < -0.39 is 0 Å². The fourth-order valence-electron chi connectivity index (χ4n) is 1.93. The minimum absolute atomic E-state index is 0.769. The van der Waals surface area contributed by atoms with Gasteiger partial charge in [0.2, 0.25) is 0 Å². The molecule has 1 aromatic carbocycles. The molecule has 2 N–H and O–H groups in total. The average Bonchev–Trinajstić information content (AvgIpc) is 3.01. The van der Waals surface area contributed by atoms with Crippen LogP contribution in [0.4, 0.5) is 5.69 Å². The Morgan fingerprint density at radius 1 is 1.26 bits per heavy atom. The average molecular weight is 334 g/mol. The smallest absolute Gasteiger partial charge is 0.0763 e. The molecule has 0 aliphatic heterocycles. The number of aromatic nitrogens is 2. The number of benzene rings is 1. The van der Waals surface area contributed by atoms with Crippen LogP contribution < -0.4 is 5.73 Å². The summed E-state index contributed by atoms with van der Waals surface area (Å²) in [6.45, 7) is 0.769. The third kappa shape index (κ3) is 2.57. The van der Waals surface area contributed by atoms with Crippen molar-refractivity contribution in [2.24, 2.45) is 0 Å². The van der Waals surface area contributed by atoms with Gasteiger partial charge in [-0.1, -0.05) is 18.2 Å². The highest BCUT2D eigenvalue weighted by Gasteiger charge is 2.07. The summed E-state index contributed by atoms with van der Waals surface area (Å²) in [5, 5.41) is 6.47. The lowest BCUT2D eigenvalue weighted by Gasteiger charge is -2.02. The normalized spacial score (nSPS) is 10.8. The van der Waals surface area contributed by atoms with E-state index in [0.29, 0.717) is 0 Å². The Hall–Kier alpha value is -1.59.